The summed E-state index contributed by atoms with van der Waals surface area (Å²) in [6.45, 7) is 4.25. The number of benzene rings is 1. The zero-order valence-electron chi connectivity index (χ0n) is 16.1. The van der Waals surface area contributed by atoms with E-state index in [9.17, 15) is 4.39 Å². The molecule has 8 heteroatoms. The number of halogens is 1. The molecular formula is C21H23FN6S. The van der Waals surface area contributed by atoms with Crippen LogP contribution in [0.3, 0.4) is 0 Å². The van der Waals surface area contributed by atoms with Crippen LogP contribution in [0.5, 0.6) is 0 Å². The van der Waals surface area contributed by atoms with Crippen molar-refractivity contribution in [3.05, 3.63) is 54.0 Å². The third-order valence-electron chi connectivity index (χ3n) is 5.27. The third-order valence-corrected chi connectivity index (χ3v) is 5.40. The van der Waals surface area contributed by atoms with Crippen molar-refractivity contribution in [1.29, 1.82) is 0 Å². The highest BCUT2D eigenvalue weighted by Gasteiger charge is 2.21. The normalized spacial score (nSPS) is 15.3. The number of pyridine rings is 1. The molecule has 150 valence electrons. The Hall–Kier alpha value is -2.67. The molecule has 3 heterocycles. The standard InChI is InChI=1S/C21H23FN6S/c22-17-5-3-16(4-6-17)14-28-20-19(2-1-9-24-20)26-21(28)25-18-7-11-27(12-8-18)13-10-23-15-29/h1-6,9,18H,7-8,10-14H2,(H,25,26). The van der Waals surface area contributed by atoms with Gasteiger partial charge >= 0.3 is 0 Å². The van der Waals surface area contributed by atoms with Crippen LogP contribution < -0.4 is 5.32 Å². The summed E-state index contributed by atoms with van der Waals surface area (Å²) in [5.74, 6) is 0.579. The van der Waals surface area contributed by atoms with Crippen LogP contribution in [-0.2, 0) is 6.54 Å². The summed E-state index contributed by atoms with van der Waals surface area (Å²) in [6, 6.07) is 10.8. The Labute approximate surface area is 174 Å². The highest BCUT2D eigenvalue weighted by molar-refractivity contribution is 7.78. The van der Waals surface area contributed by atoms with Crippen molar-refractivity contribution in [2.24, 2.45) is 4.99 Å². The van der Waals surface area contributed by atoms with E-state index in [-0.39, 0.29) is 5.82 Å². The minimum atomic E-state index is -0.233. The van der Waals surface area contributed by atoms with Crippen molar-refractivity contribution in [2.75, 3.05) is 31.5 Å². The Morgan fingerprint density at radius 1 is 1.21 bits per heavy atom. The van der Waals surface area contributed by atoms with E-state index in [2.05, 4.69) is 42.1 Å². The molecule has 0 amide bonds. The number of piperidine rings is 1. The zero-order valence-corrected chi connectivity index (χ0v) is 16.9. The van der Waals surface area contributed by atoms with E-state index in [0.29, 0.717) is 19.1 Å². The van der Waals surface area contributed by atoms with Crippen LogP contribution in [0.4, 0.5) is 10.3 Å². The number of fused-ring (bicyclic) bond motifs is 1. The van der Waals surface area contributed by atoms with Crippen molar-refractivity contribution in [3.8, 4) is 0 Å². The molecule has 1 aromatic carbocycles. The van der Waals surface area contributed by atoms with Crippen LogP contribution in [0.1, 0.15) is 18.4 Å². The number of nitrogens with zero attached hydrogens (tertiary/aromatic N) is 5. The first-order valence-electron chi connectivity index (χ1n) is 9.81. The smallest absolute Gasteiger partial charge is 0.205 e. The molecule has 1 N–H and O–H groups in total. The predicted octanol–water partition coefficient (Wildman–Crippen LogP) is 3.60. The SMILES string of the molecule is Fc1ccc(Cn2c(NC3CCN(CCN=C=S)CC3)nc3cccnc32)cc1. The van der Waals surface area contributed by atoms with Crippen LogP contribution in [-0.4, -0.2) is 56.8 Å². The van der Waals surface area contributed by atoms with E-state index in [4.69, 9.17) is 4.98 Å². The minimum absolute atomic E-state index is 0.233. The third kappa shape index (κ3) is 4.85. The Balaban J connectivity index is 1.48. The Morgan fingerprint density at radius 3 is 2.76 bits per heavy atom. The number of imidazole rings is 1. The Kier molecular flexibility index (Phi) is 6.24. The van der Waals surface area contributed by atoms with Crippen molar-refractivity contribution in [2.45, 2.75) is 25.4 Å². The van der Waals surface area contributed by atoms with Crippen LogP contribution in [0, 0.1) is 5.82 Å². The van der Waals surface area contributed by atoms with E-state index in [1.165, 1.54) is 12.1 Å². The van der Waals surface area contributed by atoms with Gasteiger partial charge in [0.05, 0.1) is 18.3 Å². The molecular weight excluding hydrogens is 387 g/mol. The molecule has 6 nitrogen and oxygen atoms in total. The van der Waals surface area contributed by atoms with Gasteiger partial charge in [-0.05, 0) is 54.9 Å². The lowest BCUT2D eigenvalue weighted by molar-refractivity contribution is 0.224. The molecule has 0 spiro atoms. The number of nitrogens with one attached hydrogen (secondary N) is 1. The number of anilines is 1. The molecule has 0 aliphatic carbocycles. The van der Waals surface area contributed by atoms with Gasteiger partial charge in [-0.25, -0.2) is 19.4 Å². The molecule has 3 aromatic rings. The van der Waals surface area contributed by atoms with Crippen molar-refractivity contribution >= 4 is 34.5 Å². The van der Waals surface area contributed by atoms with E-state index in [0.717, 1.165) is 55.2 Å². The molecule has 0 bridgehead atoms. The summed E-state index contributed by atoms with van der Waals surface area (Å²) in [4.78, 5) is 15.7. The van der Waals surface area contributed by atoms with Gasteiger partial charge < -0.3 is 10.2 Å². The maximum atomic E-state index is 13.3. The van der Waals surface area contributed by atoms with Crippen LogP contribution in [0.25, 0.3) is 11.2 Å². The fourth-order valence-electron chi connectivity index (χ4n) is 3.71. The highest BCUT2D eigenvalue weighted by atomic mass is 32.1. The van der Waals surface area contributed by atoms with Gasteiger partial charge in [0.2, 0.25) is 5.95 Å². The number of aliphatic imine (C=N–C) groups is 1. The van der Waals surface area contributed by atoms with Gasteiger partial charge in [0.15, 0.2) is 5.65 Å². The number of aromatic nitrogens is 3. The summed E-state index contributed by atoms with van der Waals surface area (Å²) in [5.41, 5.74) is 2.69. The maximum absolute atomic E-state index is 13.3. The number of hydrogen-bond donors (Lipinski definition) is 1. The van der Waals surface area contributed by atoms with Gasteiger partial charge in [-0.1, -0.05) is 12.1 Å². The molecule has 1 aliphatic rings. The molecule has 0 saturated carbocycles. The van der Waals surface area contributed by atoms with Crippen LogP contribution >= 0.6 is 12.2 Å². The summed E-state index contributed by atoms with van der Waals surface area (Å²) in [5, 5.41) is 6.04. The average molecular weight is 411 g/mol. The Morgan fingerprint density at radius 2 is 2.00 bits per heavy atom. The molecule has 1 aliphatic heterocycles. The Bertz CT molecular complexity index is 1000. The summed E-state index contributed by atoms with van der Waals surface area (Å²) >= 11 is 4.62. The first-order chi connectivity index (χ1) is 14.2. The second-order valence-electron chi connectivity index (χ2n) is 7.23. The van der Waals surface area contributed by atoms with Crippen molar-refractivity contribution < 1.29 is 4.39 Å². The van der Waals surface area contributed by atoms with E-state index >= 15 is 0 Å². The van der Waals surface area contributed by atoms with E-state index in [1.54, 1.807) is 18.3 Å². The molecule has 0 unspecified atom stereocenters. The van der Waals surface area contributed by atoms with Gasteiger partial charge in [-0.15, -0.1) is 0 Å². The number of rotatable bonds is 7. The van der Waals surface area contributed by atoms with Gasteiger partial charge in [0.25, 0.3) is 0 Å². The molecule has 0 radical (unpaired) electrons. The van der Waals surface area contributed by atoms with Gasteiger partial charge in [-0.2, -0.15) is 0 Å². The molecule has 29 heavy (non-hydrogen) atoms. The lowest BCUT2D eigenvalue weighted by atomic mass is 10.1. The zero-order chi connectivity index (χ0) is 20.1. The molecule has 2 aromatic heterocycles. The fraction of sp³-hybridized carbons (Fsp3) is 0.381. The average Bonchev–Trinajstić information content (AvgIpc) is 3.08. The molecule has 1 saturated heterocycles. The van der Waals surface area contributed by atoms with Crippen molar-refractivity contribution in [3.63, 3.8) is 0 Å². The lowest BCUT2D eigenvalue weighted by Crippen LogP contribution is -2.40. The minimum Gasteiger partial charge on any atom is -0.353 e. The first kappa shape index (κ1) is 19.6. The number of isothiocyanates is 1. The van der Waals surface area contributed by atoms with Gasteiger partial charge in [-0.3, -0.25) is 4.57 Å². The number of likely N-dealkylation sites (tertiary alicyclic amines) is 1. The highest BCUT2D eigenvalue weighted by Crippen LogP contribution is 2.22. The quantitative estimate of drug-likeness (QED) is 0.476. The second kappa shape index (κ2) is 9.22. The largest absolute Gasteiger partial charge is 0.353 e. The maximum Gasteiger partial charge on any atom is 0.205 e. The molecule has 4 rings (SSSR count). The van der Waals surface area contributed by atoms with E-state index in [1.807, 2.05) is 12.1 Å². The summed E-state index contributed by atoms with van der Waals surface area (Å²) in [6.07, 6.45) is 3.85. The first-order valence-corrected chi connectivity index (χ1v) is 10.2. The monoisotopic (exact) mass is 410 g/mol. The van der Waals surface area contributed by atoms with Crippen LogP contribution in [0.2, 0.25) is 0 Å². The molecule has 0 atom stereocenters. The van der Waals surface area contributed by atoms with Gasteiger partial charge in [0.1, 0.15) is 11.3 Å². The summed E-state index contributed by atoms with van der Waals surface area (Å²) in [7, 11) is 0. The lowest BCUT2D eigenvalue weighted by Gasteiger charge is -2.32. The topological polar surface area (TPSA) is 58.3 Å². The van der Waals surface area contributed by atoms with E-state index < -0.39 is 0 Å². The fourth-order valence-corrected chi connectivity index (χ4v) is 3.80. The predicted molar refractivity (Wildman–Crippen MR) is 116 cm³/mol. The van der Waals surface area contributed by atoms with Crippen molar-refractivity contribution in [1.82, 2.24) is 19.4 Å². The van der Waals surface area contributed by atoms with Crippen LogP contribution in [0.15, 0.2) is 47.6 Å². The second-order valence-corrected chi connectivity index (χ2v) is 7.41. The molecule has 1 fully saturated rings. The van der Waals surface area contributed by atoms with Gasteiger partial charge in [0, 0.05) is 31.9 Å². The number of hydrogen-bond acceptors (Lipinski definition) is 6. The number of thiocarbonyl (C=S) groups is 1. The summed E-state index contributed by atoms with van der Waals surface area (Å²) < 4.78 is 15.3.